The Morgan fingerprint density at radius 3 is 2.55 bits per heavy atom. The highest BCUT2D eigenvalue weighted by atomic mass is 16.6. The summed E-state index contributed by atoms with van der Waals surface area (Å²) in [5.74, 6) is 0. The zero-order valence-electron chi connectivity index (χ0n) is 13.0. The van der Waals surface area contributed by atoms with Crippen molar-refractivity contribution in [3.8, 4) is 0 Å². The van der Waals surface area contributed by atoms with Crippen LogP contribution in [0.25, 0.3) is 0 Å². The van der Waals surface area contributed by atoms with Crippen LogP contribution in [0.15, 0.2) is 10.9 Å². The number of nitrogens with zero attached hydrogens (tertiary/aromatic N) is 2. The lowest BCUT2D eigenvalue weighted by atomic mass is 10.0. The molecule has 110 valence electrons. The first-order valence-electron chi connectivity index (χ1n) is 6.81. The third kappa shape index (κ3) is 2.44. The van der Waals surface area contributed by atoms with Gasteiger partial charge in [-0.2, -0.15) is 0 Å². The van der Waals surface area contributed by atoms with Gasteiger partial charge in [0.2, 0.25) is 0 Å². The molecule has 5 heteroatoms. The molecule has 1 aliphatic heterocycles. The monoisotopic (exact) mass is 278 g/mol. The Morgan fingerprint density at radius 1 is 1.40 bits per heavy atom. The summed E-state index contributed by atoms with van der Waals surface area (Å²) in [5.41, 5.74) is 2.32. The van der Waals surface area contributed by atoms with E-state index in [4.69, 9.17) is 4.74 Å². The van der Waals surface area contributed by atoms with E-state index in [0.29, 0.717) is 6.54 Å². The zero-order valence-corrected chi connectivity index (χ0v) is 13.0. The van der Waals surface area contributed by atoms with Gasteiger partial charge < -0.3 is 9.30 Å². The van der Waals surface area contributed by atoms with Crippen LogP contribution in [-0.2, 0) is 18.3 Å². The van der Waals surface area contributed by atoms with Gasteiger partial charge in [-0.05, 0) is 45.7 Å². The van der Waals surface area contributed by atoms with Crippen molar-refractivity contribution in [2.75, 3.05) is 0 Å². The lowest BCUT2D eigenvalue weighted by Crippen LogP contribution is -2.35. The van der Waals surface area contributed by atoms with E-state index in [9.17, 15) is 9.59 Å². The summed E-state index contributed by atoms with van der Waals surface area (Å²) in [6, 6.07) is 1.54. The Bertz CT molecular complexity index is 611. The Morgan fingerprint density at radius 2 is 2.00 bits per heavy atom. The summed E-state index contributed by atoms with van der Waals surface area (Å²) in [6.07, 6.45) is -0.340. The lowest BCUT2D eigenvalue weighted by molar-refractivity contribution is 0.0185. The van der Waals surface area contributed by atoms with Gasteiger partial charge in [0, 0.05) is 18.8 Å². The zero-order chi connectivity index (χ0) is 15.2. The molecule has 1 aromatic heterocycles. The van der Waals surface area contributed by atoms with Crippen LogP contribution in [0.5, 0.6) is 0 Å². The van der Waals surface area contributed by atoms with Gasteiger partial charge in [0.15, 0.2) is 0 Å². The smallest absolute Gasteiger partial charge is 0.411 e. The first-order valence-corrected chi connectivity index (χ1v) is 6.81. The number of aryl methyl sites for hydroxylation is 1. The van der Waals surface area contributed by atoms with Crippen molar-refractivity contribution in [1.82, 2.24) is 9.47 Å². The number of rotatable bonds is 0. The van der Waals surface area contributed by atoms with Crippen molar-refractivity contribution in [3.05, 3.63) is 33.2 Å². The van der Waals surface area contributed by atoms with Gasteiger partial charge in [0.05, 0.1) is 12.6 Å². The third-order valence-corrected chi connectivity index (χ3v) is 3.64. The summed E-state index contributed by atoms with van der Waals surface area (Å²) in [6.45, 7) is 9.83. The second-order valence-electron chi connectivity index (χ2n) is 6.37. The Labute approximate surface area is 119 Å². The molecule has 5 nitrogen and oxygen atoms in total. The van der Waals surface area contributed by atoms with Gasteiger partial charge in [-0.15, -0.1) is 0 Å². The van der Waals surface area contributed by atoms with Gasteiger partial charge >= 0.3 is 6.09 Å². The molecule has 1 aliphatic rings. The molecule has 1 amide bonds. The molecule has 1 unspecified atom stereocenters. The second kappa shape index (κ2) is 4.65. The molecular weight excluding hydrogens is 256 g/mol. The molecule has 0 radical (unpaired) electrons. The number of ether oxygens (including phenoxy) is 1. The fraction of sp³-hybridized carbons (Fsp3) is 0.600. The highest BCUT2D eigenvalue weighted by Gasteiger charge is 2.35. The molecule has 0 fully saturated rings. The number of hydrogen-bond acceptors (Lipinski definition) is 3. The average Bonchev–Trinajstić information content (AvgIpc) is 2.62. The molecule has 0 bridgehead atoms. The van der Waals surface area contributed by atoms with Gasteiger partial charge in [0.1, 0.15) is 5.60 Å². The average molecular weight is 278 g/mol. The largest absolute Gasteiger partial charge is 0.444 e. The molecule has 0 saturated heterocycles. The standard InChI is InChI=1S/C15H22N2O3/c1-9-7-12(18)16(6)11-8-17(10(2)13(9)11)14(19)20-15(3,4)5/h7,10H,8H2,1-6H3. The van der Waals surface area contributed by atoms with Crippen LogP contribution in [0.2, 0.25) is 0 Å². The number of fused-ring (bicyclic) bond motifs is 1. The minimum Gasteiger partial charge on any atom is -0.444 e. The predicted octanol–water partition coefficient (Wildman–Crippen LogP) is 2.51. The molecule has 1 aromatic rings. The SMILES string of the molecule is Cc1cc(=O)n(C)c2c1C(C)N(C(=O)OC(C)(C)C)C2. The Hall–Kier alpha value is -1.78. The maximum absolute atomic E-state index is 12.3. The highest BCUT2D eigenvalue weighted by Crippen LogP contribution is 2.35. The Balaban J connectivity index is 2.37. The van der Waals surface area contributed by atoms with Crippen LogP contribution in [-0.4, -0.2) is 21.2 Å². The van der Waals surface area contributed by atoms with Crippen molar-refractivity contribution in [3.63, 3.8) is 0 Å². The van der Waals surface area contributed by atoms with Crippen LogP contribution < -0.4 is 5.56 Å². The quantitative estimate of drug-likeness (QED) is 0.732. The van der Waals surface area contributed by atoms with Crippen LogP contribution in [0.3, 0.4) is 0 Å². The highest BCUT2D eigenvalue weighted by molar-refractivity contribution is 5.70. The van der Waals surface area contributed by atoms with E-state index in [1.807, 2.05) is 34.6 Å². The fourth-order valence-electron chi connectivity index (χ4n) is 2.66. The van der Waals surface area contributed by atoms with Crippen molar-refractivity contribution >= 4 is 6.09 Å². The van der Waals surface area contributed by atoms with Crippen LogP contribution in [0.1, 0.15) is 50.6 Å². The molecule has 1 atom stereocenters. The van der Waals surface area contributed by atoms with Crippen molar-refractivity contribution < 1.29 is 9.53 Å². The summed E-state index contributed by atoms with van der Waals surface area (Å²) < 4.78 is 7.05. The molecule has 20 heavy (non-hydrogen) atoms. The van der Waals surface area contributed by atoms with Crippen LogP contribution >= 0.6 is 0 Å². The van der Waals surface area contributed by atoms with Crippen LogP contribution in [0, 0.1) is 6.92 Å². The predicted molar refractivity (Wildman–Crippen MR) is 76.6 cm³/mol. The molecule has 0 spiro atoms. The molecule has 2 rings (SSSR count). The van der Waals surface area contributed by atoms with E-state index < -0.39 is 5.60 Å². The van der Waals surface area contributed by atoms with Crippen molar-refractivity contribution in [2.24, 2.45) is 7.05 Å². The fourth-order valence-corrected chi connectivity index (χ4v) is 2.66. The topological polar surface area (TPSA) is 51.5 Å². The van der Waals surface area contributed by atoms with Gasteiger partial charge in [-0.25, -0.2) is 4.79 Å². The van der Waals surface area contributed by atoms with E-state index in [-0.39, 0.29) is 17.7 Å². The Kier molecular flexibility index (Phi) is 3.40. The van der Waals surface area contributed by atoms with E-state index in [1.54, 1.807) is 22.6 Å². The molecule has 0 saturated carbocycles. The second-order valence-corrected chi connectivity index (χ2v) is 6.37. The normalized spacial score (nSPS) is 18.1. The van der Waals surface area contributed by atoms with Gasteiger partial charge in [0.25, 0.3) is 5.56 Å². The van der Waals surface area contributed by atoms with Gasteiger partial charge in [-0.1, -0.05) is 0 Å². The first-order chi connectivity index (χ1) is 9.11. The number of carbonyl (C=O) groups is 1. The van der Waals surface area contributed by atoms with E-state index in [0.717, 1.165) is 16.8 Å². The molecular formula is C15H22N2O3. The summed E-state index contributed by atoms with van der Waals surface area (Å²) in [5, 5.41) is 0. The third-order valence-electron chi connectivity index (χ3n) is 3.64. The first kappa shape index (κ1) is 14.6. The molecule has 0 N–H and O–H groups in total. The van der Waals surface area contributed by atoms with Crippen molar-refractivity contribution in [1.29, 1.82) is 0 Å². The number of aromatic nitrogens is 1. The maximum Gasteiger partial charge on any atom is 0.411 e. The summed E-state index contributed by atoms with van der Waals surface area (Å²) in [7, 11) is 1.74. The summed E-state index contributed by atoms with van der Waals surface area (Å²) in [4.78, 5) is 25.8. The molecule has 2 heterocycles. The number of hydrogen-bond donors (Lipinski definition) is 0. The van der Waals surface area contributed by atoms with Crippen LogP contribution in [0.4, 0.5) is 4.79 Å². The van der Waals surface area contributed by atoms with Crippen molar-refractivity contribution in [2.45, 2.75) is 52.8 Å². The number of amides is 1. The molecule has 0 aromatic carbocycles. The summed E-state index contributed by atoms with van der Waals surface area (Å²) >= 11 is 0. The minimum atomic E-state index is -0.521. The number of carbonyl (C=O) groups excluding carboxylic acids is 1. The lowest BCUT2D eigenvalue weighted by Gasteiger charge is -2.27. The van der Waals surface area contributed by atoms with E-state index in [1.165, 1.54) is 0 Å². The molecule has 0 aliphatic carbocycles. The van der Waals surface area contributed by atoms with E-state index >= 15 is 0 Å². The minimum absolute atomic E-state index is 0.0421. The maximum atomic E-state index is 12.3. The number of pyridine rings is 1. The van der Waals surface area contributed by atoms with E-state index in [2.05, 4.69) is 0 Å². The van der Waals surface area contributed by atoms with Gasteiger partial charge in [-0.3, -0.25) is 9.69 Å².